The van der Waals surface area contributed by atoms with Crippen LogP contribution in [0, 0.1) is 5.82 Å². The summed E-state index contributed by atoms with van der Waals surface area (Å²) in [6.45, 7) is 0. The normalized spacial score (nSPS) is 15.3. The molecule has 3 rings (SSSR count). The molecule has 4 nitrogen and oxygen atoms in total. The first-order chi connectivity index (χ1) is 11.2. The van der Waals surface area contributed by atoms with Crippen molar-refractivity contribution < 1.29 is 13.9 Å². The van der Waals surface area contributed by atoms with Crippen molar-refractivity contribution >= 4 is 5.91 Å². The first-order valence-electron chi connectivity index (χ1n) is 7.88. The summed E-state index contributed by atoms with van der Waals surface area (Å²) in [5.41, 5.74) is 6.37. The van der Waals surface area contributed by atoms with Crippen LogP contribution in [-0.4, -0.2) is 10.9 Å². The second-order valence-corrected chi connectivity index (χ2v) is 5.81. The molecule has 23 heavy (non-hydrogen) atoms. The number of carbonyl (C=O) groups excluding carboxylic acids is 1. The van der Waals surface area contributed by atoms with Crippen molar-refractivity contribution in [1.82, 2.24) is 4.98 Å². The fourth-order valence-corrected chi connectivity index (χ4v) is 3.12. The molecular formula is C18H19FN2O2. The maximum Gasteiger partial charge on any atom is 0.271 e. The van der Waals surface area contributed by atoms with Crippen LogP contribution in [0.2, 0.25) is 0 Å². The molecule has 0 unspecified atom stereocenters. The minimum atomic E-state index is -0.672. The molecule has 1 fully saturated rings. The van der Waals surface area contributed by atoms with Gasteiger partial charge >= 0.3 is 0 Å². The highest BCUT2D eigenvalue weighted by atomic mass is 19.1. The molecule has 1 aliphatic rings. The number of benzene rings is 1. The van der Waals surface area contributed by atoms with Gasteiger partial charge in [-0.3, -0.25) is 4.79 Å². The van der Waals surface area contributed by atoms with Crippen LogP contribution in [0.3, 0.4) is 0 Å². The number of aromatic nitrogens is 1. The molecule has 0 saturated heterocycles. The molecule has 120 valence electrons. The quantitative estimate of drug-likeness (QED) is 0.921. The van der Waals surface area contributed by atoms with Crippen molar-refractivity contribution in [3.63, 3.8) is 0 Å². The van der Waals surface area contributed by atoms with E-state index in [2.05, 4.69) is 4.98 Å². The number of para-hydroxylation sites is 1. The largest absolute Gasteiger partial charge is 0.451 e. The van der Waals surface area contributed by atoms with Gasteiger partial charge in [-0.1, -0.05) is 31.4 Å². The van der Waals surface area contributed by atoms with E-state index in [1.165, 1.54) is 18.6 Å². The molecule has 0 aliphatic heterocycles. The zero-order valence-corrected chi connectivity index (χ0v) is 12.8. The lowest BCUT2D eigenvalue weighted by Gasteiger charge is -2.24. The van der Waals surface area contributed by atoms with E-state index in [4.69, 9.17) is 10.5 Å². The van der Waals surface area contributed by atoms with Gasteiger partial charge in [0, 0.05) is 11.8 Å². The van der Waals surface area contributed by atoms with Crippen molar-refractivity contribution in [2.45, 2.75) is 38.0 Å². The van der Waals surface area contributed by atoms with Crippen molar-refractivity contribution in [3.8, 4) is 11.5 Å². The molecule has 2 aromatic rings. The molecule has 0 atom stereocenters. The number of nitrogens with zero attached hydrogens (tertiary/aromatic N) is 1. The Morgan fingerprint density at radius 3 is 2.61 bits per heavy atom. The number of hydrogen-bond donors (Lipinski definition) is 1. The van der Waals surface area contributed by atoms with Gasteiger partial charge in [0.25, 0.3) is 5.91 Å². The zero-order chi connectivity index (χ0) is 16.2. The number of rotatable bonds is 4. The third kappa shape index (κ3) is 3.33. The number of amides is 1. The van der Waals surface area contributed by atoms with Crippen LogP contribution in [0.25, 0.3) is 0 Å². The predicted octanol–water partition coefficient (Wildman–Crippen LogP) is 4.16. The number of primary amides is 1. The lowest BCUT2D eigenvalue weighted by Crippen LogP contribution is -2.17. The van der Waals surface area contributed by atoms with Gasteiger partial charge in [0.15, 0.2) is 23.0 Å². The summed E-state index contributed by atoms with van der Waals surface area (Å²) in [6.07, 6.45) is 7.10. The first-order valence-corrected chi connectivity index (χ1v) is 7.88. The number of carbonyl (C=O) groups is 1. The first kappa shape index (κ1) is 15.5. The number of nitrogens with two attached hydrogens (primary N) is 1. The summed E-state index contributed by atoms with van der Waals surface area (Å²) >= 11 is 0. The summed E-state index contributed by atoms with van der Waals surface area (Å²) in [7, 11) is 0. The summed E-state index contributed by atoms with van der Waals surface area (Å²) in [6, 6.07) is 7.95. The molecule has 1 aromatic carbocycles. The lowest BCUT2D eigenvalue weighted by molar-refractivity contribution is 0.0992. The van der Waals surface area contributed by atoms with E-state index >= 15 is 0 Å². The third-order valence-corrected chi connectivity index (χ3v) is 4.26. The van der Waals surface area contributed by atoms with Gasteiger partial charge in [-0.05, 0) is 37.0 Å². The summed E-state index contributed by atoms with van der Waals surface area (Å²) in [4.78, 5) is 15.8. The highest BCUT2D eigenvalue weighted by Crippen LogP contribution is 2.40. The molecule has 0 spiro atoms. The Bertz CT molecular complexity index is 712. The van der Waals surface area contributed by atoms with Crippen molar-refractivity contribution in [1.29, 1.82) is 0 Å². The van der Waals surface area contributed by atoms with E-state index < -0.39 is 11.7 Å². The zero-order valence-electron chi connectivity index (χ0n) is 12.8. The molecular weight excluding hydrogens is 295 g/mol. The molecule has 1 aliphatic carbocycles. The van der Waals surface area contributed by atoms with Crippen LogP contribution in [-0.2, 0) is 0 Å². The average Bonchev–Trinajstić information content (AvgIpc) is 2.57. The molecule has 1 saturated carbocycles. The molecule has 5 heteroatoms. The molecule has 2 N–H and O–H groups in total. The smallest absolute Gasteiger partial charge is 0.271 e. The third-order valence-electron chi connectivity index (χ3n) is 4.26. The molecule has 1 amide bonds. The highest BCUT2D eigenvalue weighted by molar-refractivity contribution is 5.94. The van der Waals surface area contributed by atoms with Crippen LogP contribution in [0.1, 0.15) is 54.1 Å². The maximum absolute atomic E-state index is 13.9. The van der Waals surface area contributed by atoms with E-state index in [1.807, 2.05) is 6.07 Å². The SMILES string of the molecule is NC(=O)c1nccc(C2CCCCC2)c1Oc1ccccc1F. The Morgan fingerprint density at radius 1 is 1.17 bits per heavy atom. The van der Waals surface area contributed by atoms with Gasteiger partial charge in [-0.15, -0.1) is 0 Å². The van der Waals surface area contributed by atoms with E-state index in [0.29, 0.717) is 0 Å². The number of hydrogen-bond acceptors (Lipinski definition) is 3. The second kappa shape index (κ2) is 6.77. The topological polar surface area (TPSA) is 65.2 Å². The Balaban J connectivity index is 2.04. The predicted molar refractivity (Wildman–Crippen MR) is 85.1 cm³/mol. The fraction of sp³-hybridized carbons (Fsp3) is 0.333. The standard InChI is InChI=1S/C18H19FN2O2/c19-14-8-4-5-9-15(14)23-17-13(12-6-2-1-3-7-12)10-11-21-16(17)18(20)22/h4-5,8-12H,1-3,6-7H2,(H2,20,22). The fourth-order valence-electron chi connectivity index (χ4n) is 3.12. The average molecular weight is 314 g/mol. The van der Waals surface area contributed by atoms with Crippen LogP contribution in [0.15, 0.2) is 36.5 Å². The van der Waals surface area contributed by atoms with E-state index in [0.717, 1.165) is 31.2 Å². The number of halogens is 1. The maximum atomic E-state index is 13.9. The summed E-state index contributed by atoms with van der Waals surface area (Å²) < 4.78 is 19.7. The van der Waals surface area contributed by atoms with Gasteiger partial charge in [-0.25, -0.2) is 9.37 Å². The molecule has 1 heterocycles. The van der Waals surface area contributed by atoms with Crippen molar-refractivity contribution in [2.75, 3.05) is 0 Å². The van der Waals surface area contributed by atoms with E-state index in [9.17, 15) is 9.18 Å². The van der Waals surface area contributed by atoms with E-state index in [1.54, 1.807) is 18.3 Å². The Hall–Kier alpha value is -2.43. The Kier molecular flexibility index (Phi) is 4.55. The van der Waals surface area contributed by atoms with Crippen molar-refractivity contribution in [2.24, 2.45) is 5.73 Å². The number of ether oxygens (including phenoxy) is 1. The summed E-state index contributed by atoms with van der Waals surface area (Å²) in [5, 5.41) is 0. The highest BCUT2D eigenvalue weighted by Gasteiger charge is 2.24. The minimum Gasteiger partial charge on any atom is -0.451 e. The monoisotopic (exact) mass is 314 g/mol. The Morgan fingerprint density at radius 2 is 1.91 bits per heavy atom. The van der Waals surface area contributed by atoms with Gasteiger partial charge in [-0.2, -0.15) is 0 Å². The van der Waals surface area contributed by atoms with Gasteiger partial charge < -0.3 is 10.5 Å². The lowest BCUT2D eigenvalue weighted by atomic mass is 9.83. The van der Waals surface area contributed by atoms with Crippen LogP contribution in [0.5, 0.6) is 11.5 Å². The van der Waals surface area contributed by atoms with Crippen LogP contribution < -0.4 is 10.5 Å². The van der Waals surface area contributed by atoms with Gasteiger partial charge in [0.05, 0.1) is 0 Å². The van der Waals surface area contributed by atoms with Crippen LogP contribution in [0.4, 0.5) is 4.39 Å². The second-order valence-electron chi connectivity index (χ2n) is 5.81. The molecule has 0 radical (unpaired) electrons. The minimum absolute atomic E-state index is 0.0522. The van der Waals surface area contributed by atoms with Crippen molar-refractivity contribution in [3.05, 3.63) is 53.6 Å². The summed E-state index contributed by atoms with van der Waals surface area (Å²) in [5.74, 6) is -0.515. The van der Waals surface area contributed by atoms with E-state index in [-0.39, 0.29) is 23.1 Å². The van der Waals surface area contributed by atoms with Gasteiger partial charge in [0.2, 0.25) is 0 Å². The van der Waals surface area contributed by atoms with Gasteiger partial charge in [0.1, 0.15) is 0 Å². The van der Waals surface area contributed by atoms with Crippen LogP contribution >= 0.6 is 0 Å². The molecule has 1 aromatic heterocycles. The molecule has 0 bridgehead atoms. The Labute approximate surface area is 134 Å². The number of pyridine rings is 1.